The average Bonchev–Trinajstić information content (AvgIpc) is 3.07. The first-order chi connectivity index (χ1) is 9.93. The number of nitrogens with zero attached hydrogens (tertiary/aromatic N) is 3. The number of hydrogen-bond donors (Lipinski definition) is 0. The van der Waals surface area contributed by atoms with E-state index in [1.807, 2.05) is 0 Å². The molecule has 0 aliphatic heterocycles. The maximum atomic E-state index is 12.4. The normalized spacial score (nSPS) is 11.8. The van der Waals surface area contributed by atoms with Crippen LogP contribution in [-0.2, 0) is 6.18 Å². The summed E-state index contributed by atoms with van der Waals surface area (Å²) in [6.07, 6.45) is -3.07. The third-order valence-corrected chi connectivity index (χ3v) is 2.68. The maximum absolute atomic E-state index is 12.4. The monoisotopic (exact) mass is 295 g/mol. The molecule has 0 fully saturated rings. The summed E-state index contributed by atoms with van der Waals surface area (Å²) in [4.78, 5) is 7.38. The Morgan fingerprint density at radius 3 is 2.24 bits per heavy atom. The van der Waals surface area contributed by atoms with Gasteiger partial charge in [0.2, 0.25) is 11.7 Å². The van der Waals surface area contributed by atoms with Crippen molar-refractivity contribution in [2.45, 2.75) is 13.1 Å². The minimum Gasteiger partial charge on any atom is -0.441 e. The largest absolute Gasteiger partial charge is 0.471 e. The molecule has 3 aromatic rings. The summed E-state index contributed by atoms with van der Waals surface area (Å²) in [6, 6.07) is 6.45. The van der Waals surface area contributed by atoms with E-state index in [-0.39, 0.29) is 5.82 Å². The molecule has 108 valence electrons. The van der Waals surface area contributed by atoms with Gasteiger partial charge in [-0.15, -0.1) is 0 Å². The first-order valence-electron chi connectivity index (χ1n) is 5.87. The molecule has 0 saturated heterocycles. The van der Waals surface area contributed by atoms with E-state index in [0.717, 1.165) is 0 Å². The molecule has 0 radical (unpaired) electrons. The van der Waals surface area contributed by atoms with Crippen molar-refractivity contribution in [3.63, 3.8) is 0 Å². The third-order valence-electron chi connectivity index (χ3n) is 2.68. The molecule has 0 aliphatic rings. The molecule has 0 aliphatic carbocycles. The number of oxazole rings is 1. The SMILES string of the molecule is Cc1cnc(-c2ccc(-c3noc(C(F)(F)F)n3)cc2)o1. The third kappa shape index (κ3) is 2.64. The van der Waals surface area contributed by atoms with Crippen LogP contribution in [0.25, 0.3) is 22.8 Å². The minimum absolute atomic E-state index is 0.127. The Labute approximate surface area is 116 Å². The van der Waals surface area contributed by atoms with Crippen LogP contribution in [0.2, 0.25) is 0 Å². The highest BCUT2D eigenvalue weighted by atomic mass is 19.4. The van der Waals surface area contributed by atoms with Crippen LogP contribution in [0.4, 0.5) is 13.2 Å². The molecule has 0 N–H and O–H groups in total. The van der Waals surface area contributed by atoms with E-state index in [9.17, 15) is 13.2 Å². The summed E-state index contributed by atoms with van der Waals surface area (Å²) in [5.74, 6) is -0.396. The number of aryl methyl sites for hydroxylation is 1. The van der Waals surface area contributed by atoms with Crippen molar-refractivity contribution in [3.8, 4) is 22.8 Å². The van der Waals surface area contributed by atoms with E-state index in [1.165, 1.54) is 0 Å². The zero-order valence-electron chi connectivity index (χ0n) is 10.7. The number of halogens is 3. The van der Waals surface area contributed by atoms with Crippen molar-refractivity contribution in [2.75, 3.05) is 0 Å². The second-order valence-electron chi connectivity index (χ2n) is 4.27. The first kappa shape index (κ1) is 13.3. The number of alkyl halides is 3. The van der Waals surface area contributed by atoms with Crippen LogP contribution in [0, 0.1) is 6.92 Å². The fourth-order valence-electron chi connectivity index (χ4n) is 1.71. The highest BCUT2D eigenvalue weighted by Crippen LogP contribution is 2.30. The lowest BCUT2D eigenvalue weighted by Gasteiger charge is -1.98. The molecule has 0 unspecified atom stereocenters. The summed E-state index contributed by atoms with van der Waals surface area (Å²) < 4.78 is 46.7. The molecular weight excluding hydrogens is 287 g/mol. The summed E-state index contributed by atoms with van der Waals surface area (Å²) in [6.45, 7) is 1.77. The smallest absolute Gasteiger partial charge is 0.441 e. The molecule has 0 spiro atoms. The Kier molecular flexibility index (Phi) is 3.00. The van der Waals surface area contributed by atoms with Gasteiger partial charge in [0.1, 0.15) is 5.76 Å². The number of aromatic nitrogens is 3. The Hall–Kier alpha value is -2.64. The molecular formula is C13H8F3N3O2. The number of rotatable bonds is 2. The Morgan fingerprint density at radius 2 is 1.71 bits per heavy atom. The fourth-order valence-corrected chi connectivity index (χ4v) is 1.71. The molecule has 2 aromatic heterocycles. The van der Waals surface area contributed by atoms with Crippen LogP contribution >= 0.6 is 0 Å². The summed E-state index contributed by atoms with van der Waals surface area (Å²) in [7, 11) is 0. The summed E-state index contributed by atoms with van der Waals surface area (Å²) in [5, 5.41) is 3.31. The van der Waals surface area contributed by atoms with Crippen molar-refractivity contribution >= 4 is 0 Å². The standard InChI is InChI=1S/C13H8F3N3O2/c1-7-6-17-11(20-7)9-4-2-8(3-5-9)10-18-12(21-19-10)13(14,15)16/h2-6H,1H3. The molecule has 0 bridgehead atoms. The van der Waals surface area contributed by atoms with E-state index >= 15 is 0 Å². The van der Waals surface area contributed by atoms with E-state index in [2.05, 4.69) is 19.6 Å². The van der Waals surface area contributed by atoms with Gasteiger partial charge in [0, 0.05) is 11.1 Å². The zero-order chi connectivity index (χ0) is 15.0. The van der Waals surface area contributed by atoms with Gasteiger partial charge >= 0.3 is 12.1 Å². The van der Waals surface area contributed by atoms with Gasteiger partial charge in [-0.2, -0.15) is 18.2 Å². The first-order valence-corrected chi connectivity index (χ1v) is 5.87. The summed E-state index contributed by atoms with van der Waals surface area (Å²) >= 11 is 0. The van der Waals surface area contributed by atoms with Crippen LogP contribution in [0.3, 0.4) is 0 Å². The van der Waals surface area contributed by atoms with E-state index in [0.29, 0.717) is 22.8 Å². The lowest BCUT2D eigenvalue weighted by molar-refractivity contribution is -0.159. The lowest BCUT2D eigenvalue weighted by atomic mass is 10.1. The number of hydrogen-bond acceptors (Lipinski definition) is 5. The van der Waals surface area contributed by atoms with Gasteiger partial charge in [0.05, 0.1) is 6.20 Å². The van der Waals surface area contributed by atoms with Crippen molar-refractivity contribution < 1.29 is 22.1 Å². The summed E-state index contributed by atoms with van der Waals surface area (Å²) in [5.41, 5.74) is 1.10. The predicted octanol–water partition coefficient (Wildman–Crippen LogP) is 3.72. The van der Waals surface area contributed by atoms with Crippen LogP contribution in [0.1, 0.15) is 11.7 Å². The predicted molar refractivity (Wildman–Crippen MR) is 65.0 cm³/mol. The van der Waals surface area contributed by atoms with Crippen LogP contribution < -0.4 is 0 Å². The van der Waals surface area contributed by atoms with Gasteiger partial charge in [-0.05, 0) is 19.1 Å². The molecule has 21 heavy (non-hydrogen) atoms. The van der Waals surface area contributed by atoms with Crippen molar-refractivity contribution in [1.82, 2.24) is 15.1 Å². The Morgan fingerprint density at radius 1 is 1.05 bits per heavy atom. The molecule has 3 rings (SSSR count). The van der Waals surface area contributed by atoms with E-state index in [1.54, 1.807) is 37.4 Å². The molecule has 0 amide bonds. The second kappa shape index (κ2) is 4.72. The van der Waals surface area contributed by atoms with E-state index in [4.69, 9.17) is 4.42 Å². The van der Waals surface area contributed by atoms with Gasteiger partial charge < -0.3 is 8.94 Å². The Balaban J connectivity index is 1.89. The van der Waals surface area contributed by atoms with Gasteiger partial charge in [-0.3, -0.25) is 0 Å². The highest BCUT2D eigenvalue weighted by Gasteiger charge is 2.38. The van der Waals surface area contributed by atoms with Crippen molar-refractivity contribution in [1.29, 1.82) is 0 Å². The molecule has 0 atom stereocenters. The van der Waals surface area contributed by atoms with Crippen LogP contribution in [0.5, 0.6) is 0 Å². The van der Waals surface area contributed by atoms with Crippen molar-refractivity contribution in [3.05, 3.63) is 42.1 Å². The maximum Gasteiger partial charge on any atom is 0.471 e. The topological polar surface area (TPSA) is 65.0 Å². The van der Waals surface area contributed by atoms with Gasteiger partial charge in [-0.1, -0.05) is 17.3 Å². The highest BCUT2D eigenvalue weighted by molar-refractivity contribution is 5.62. The molecule has 1 aromatic carbocycles. The van der Waals surface area contributed by atoms with Crippen LogP contribution in [0.15, 0.2) is 39.4 Å². The van der Waals surface area contributed by atoms with Gasteiger partial charge in [0.25, 0.3) is 0 Å². The molecule has 0 saturated carbocycles. The average molecular weight is 295 g/mol. The van der Waals surface area contributed by atoms with Gasteiger partial charge in [0.15, 0.2) is 0 Å². The quantitative estimate of drug-likeness (QED) is 0.721. The second-order valence-corrected chi connectivity index (χ2v) is 4.27. The van der Waals surface area contributed by atoms with E-state index < -0.39 is 12.1 Å². The minimum atomic E-state index is -4.65. The Bertz CT molecular complexity index is 760. The van der Waals surface area contributed by atoms with Gasteiger partial charge in [-0.25, -0.2) is 4.98 Å². The van der Waals surface area contributed by atoms with Crippen molar-refractivity contribution in [2.24, 2.45) is 0 Å². The zero-order valence-corrected chi connectivity index (χ0v) is 10.7. The fraction of sp³-hybridized carbons (Fsp3) is 0.154. The number of benzene rings is 1. The molecule has 5 nitrogen and oxygen atoms in total. The molecule has 8 heteroatoms. The van der Waals surface area contributed by atoms with Crippen LogP contribution in [-0.4, -0.2) is 15.1 Å². The lowest BCUT2D eigenvalue weighted by Crippen LogP contribution is -2.04. The molecule has 2 heterocycles.